The maximum absolute atomic E-state index is 12.4. The van der Waals surface area contributed by atoms with Crippen LogP contribution in [0.3, 0.4) is 0 Å². The van der Waals surface area contributed by atoms with Gasteiger partial charge in [0, 0.05) is 22.0 Å². The molecule has 0 aliphatic rings. The van der Waals surface area contributed by atoms with E-state index in [0.717, 1.165) is 26.9 Å². The van der Waals surface area contributed by atoms with Gasteiger partial charge in [-0.05, 0) is 56.7 Å². The summed E-state index contributed by atoms with van der Waals surface area (Å²) in [6.45, 7) is 5.90. The highest BCUT2D eigenvalue weighted by Crippen LogP contribution is 2.42. The molecular formula is C22H20N2O2S. The average Bonchev–Trinajstić information content (AvgIpc) is 2.68. The van der Waals surface area contributed by atoms with Gasteiger partial charge >= 0.3 is 5.97 Å². The van der Waals surface area contributed by atoms with E-state index in [2.05, 4.69) is 11.1 Å². The molecule has 0 spiro atoms. The lowest BCUT2D eigenvalue weighted by molar-refractivity contribution is -0.145. The van der Waals surface area contributed by atoms with Crippen LogP contribution in [0.25, 0.3) is 22.0 Å². The monoisotopic (exact) mass is 376 g/mol. The van der Waals surface area contributed by atoms with E-state index >= 15 is 0 Å². The first-order valence-corrected chi connectivity index (χ1v) is 9.52. The Balaban J connectivity index is 2.15. The molecule has 4 nitrogen and oxygen atoms in total. The van der Waals surface area contributed by atoms with Crippen LogP contribution in [-0.4, -0.2) is 22.3 Å². The Labute approximate surface area is 163 Å². The number of hydrogen-bond acceptors (Lipinski definition) is 5. The van der Waals surface area contributed by atoms with Crippen molar-refractivity contribution in [2.45, 2.75) is 30.4 Å². The predicted molar refractivity (Wildman–Crippen MR) is 108 cm³/mol. The molecule has 0 fully saturated rings. The lowest BCUT2D eigenvalue weighted by Crippen LogP contribution is -2.30. The molecule has 0 radical (unpaired) electrons. The Morgan fingerprint density at radius 1 is 1.19 bits per heavy atom. The van der Waals surface area contributed by atoms with Gasteiger partial charge in [0.05, 0.1) is 23.8 Å². The van der Waals surface area contributed by atoms with Crippen LogP contribution in [0.4, 0.5) is 0 Å². The topological polar surface area (TPSA) is 63.0 Å². The van der Waals surface area contributed by atoms with Gasteiger partial charge in [-0.15, -0.1) is 11.8 Å². The zero-order valence-electron chi connectivity index (χ0n) is 15.5. The maximum atomic E-state index is 12.4. The minimum absolute atomic E-state index is 0.243. The minimum atomic E-state index is -0.729. The van der Waals surface area contributed by atoms with Crippen LogP contribution in [0.2, 0.25) is 0 Å². The van der Waals surface area contributed by atoms with E-state index in [1.165, 1.54) is 11.8 Å². The smallest absolute Gasteiger partial charge is 0.321 e. The van der Waals surface area contributed by atoms with Crippen molar-refractivity contribution < 1.29 is 9.53 Å². The number of esters is 1. The Kier molecular flexibility index (Phi) is 5.48. The molecule has 1 aromatic heterocycles. The molecular weight excluding hydrogens is 356 g/mol. The molecule has 3 rings (SSSR count). The van der Waals surface area contributed by atoms with Gasteiger partial charge in [0.1, 0.15) is 4.75 Å². The molecule has 0 atom stereocenters. The van der Waals surface area contributed by atoms with Crippen LogP contribution in [0, 0.1) is 11.3 Å². The predicted octanol–water partition coefficient (Wildman–Crippen LogP) is 5.21. The number of aromatic nitrogens is 1. The first kappa shape index (κ1) is 18.9. The molecule has 2 aromatic carbocycles. The zero-order valence-corrected chi connectivity index (χ0v) is 16.3. The number of fused-ring (bicyclic) bond motifs is 1. The van der Waals surface area contributed by atoms with Gasteiger partial charge in [-0.25, -0.2) is 0 Å². The van der Waals surface area contributed by atoms with Gasteiger partial charge in [0.25, 0.3) is 0 Å². The zero-order chi connectivity index (χ0) is 19.4. The number of nitriles is 1. The van der Waals surface area contributed by atoms with Crippen LogP contribution in [0.15, 0.2) is 59.6 Å². The van der Waals surface area contributed by atoms with Crippen LogP contribution in [0.5, 0.6) is 0 Å². The van der Waals surface area contributed by atoms with Gasteiger partial charge < -0.3 is 4.74 Å². The lowest BCUT2D eigenvalue weighted by atomic mass is 9.99. The van der Waals surface area contributed by atoms with Crippen LogP contribution in [0.1, 0.15) is 26.3 Å². The lowest BCUT2D eigenvalue weighted by Gasteiger charge is -2.23. The van der Waals surface area contributed by atoms with E-state index in [0.29, 0.717) is 12.2 Å². The van der Waals surface area contributed by atoms with E-state index in [1.807, 2.05) is 57.2 Å². The number of ether oxygens (including phenoxy) is 1. The number of pyridine rings is 1. The van der Waals surface area contributed by atoms with Gasteiger partial charge in [-0.2, -0.15) is 5.26 Å². The second-order valence-corrected chi connectivity index (χ2v) is 8.20. The normalized spacial score (nSPS) is 11.2. The molecule has 0 saturated heterocycles. The van der Waals surface area contributed by atoms with Crippen molar-refractivity contribution >= 4 is 28.6 Å². The molecule has 0 aliphatic carbocycles. The fourth-order valence-corrected chi connectivity index (χ4v) is 4.01. The second kappa shape index (κ2) is 7.81. The van der Waals surface area contributed by atoms with Crippen molar-refractivity contribution in [3.8, 4) is 17.2 Å². The molecule has 0 bridgehead atoms. The van der Waals surface area contributed by atoms with Crippen LogP contribution in [-0.2, 0) is 9.53 Å². The number of thioether (sulfide) groups is 1. The Morgan fingerprint density at radius 2 is 1.93 bits per heavy atom. The molecule has 5 heteroatoms. The number of nitrogens with zero attached hydrogens (tertiary/aromatic N) is 2. The highest BCUT2D eigenvalue weighted by Gasteiger charge is 2.31. The van der Waals surface area contributed by atoms with E-state index in [1.54, 1.807) is 18.3 Å². The molecule has 0 amide bonds. The molecule has 0 unspecified atom stereocenters. The third-order valence-corrected chi connectivity index (χ3v) is 5.42. The van der Waals surface area contributed by atoms with Crippen molar-refractivity contribution in [1.29, 1.82) is 5.26 Å². The average molecular weight is 376 g/mol. The quantitative estimate of drug-likeness (QED) is 0.452. The molecule has 0 N–H and O–H groups in total. The van der Waals surface area contributed by atoms with Gasteiger partial charge in [0.2, 0.25) is 0 Å². The Bertz CT molecular complexity index is 1020. The van der Waals surface area contributed by atoms with E-state index < -0.39 is 4.75 Å². The fourth-order valence-electron chi connectivity index (χ4n) is 2.85. The van der Waals surface area contributed by atoms with Crippen molar-refractivity contribution in [2.75, 3.05) is 6.61 Å². The standard InChI is InChI=1S/C22H20N2O2S/c1-4-26-21(25)22(2,3)27-19-12-11-18-17(6-5-13-24-18)20(19)16-9-7-15(14-23)8-10-16/h5-13H,4H2,1-3H3. The summed E-state index contributed by atoms with van der Waals surface area (Å²) in [5.41, 5.74) is 3.48. The third-order valence-electron chi connectivity index (χ3n) is 4.18. The highest BCUT2D eigenvalue weighted by molar-refractivity contribution is 8.01. The van der Waals surface area contributed by atoms with Crippen LogP contribution < -0.4 is 0 Å². The van der Waals surface area contributed by atoms with Crippen molar-refractivity contribution in [3.05, 3.63) is 60.3 Å². The largest absolute Gasteiger partial charge is 0.465 e. The second-order valence-electron chi connectivity index (χ2n) is 6.53. The van der Waals surface area contributed by atoms with Gasteiger partial charge in [-0.1, -0.05) is 18.2 Å². The number of hydrogen-bond donors (Lipinski definition) is 0. The Hall–Kier alpha value is -2.84. The summed E-state index contributed by atoms with van der Waals surface area (Å²) >= 11 is 1.47. The summed E-state index contributed by atoms with van der Waals surface area (Å²) in [7, 11) is 0. The van der Waals surface area contributed by atoms with E-state index in [-0.39, 0.29) is 5.97 Å². The summed E-state index contributed by atoms with van der Waals surface area (Å²) in [5, 5.41) is 10.1. The van der Waals surface area contributed by atoms with E-state index in [9.17, 15) is 4.79 Å². The molecule has 1 heterocycles. The molecule has 136 valence electrons. The molecule has 0 saturated carbocycles. The van der Waals surface area contributed by atoms with Crippen molar-refractivity contribution in [3.63, 3.8) is 0 Å². The van der Waals surface area contributed by atoms with Crippen molar-refractivity contribution in [2.24, 2.45) is 0 Å². The summed E-state index contributed by atoms with van der Waals surface area (Å²) in [6.07, 6.45) is 1.76. The fraction of sp³-hybridized carbons (Fsp3) is 0.227. The van der Waals surface area contributed by atoms with Crippen LogP contribution >= 0.6 is 11.8 Å². The number of carbonyl (C=O) groups excluding carboxylic acids is 1. The first-order valence-electron chi connectivity index (χ1n) is 8.71. The molecule has 3 aromatic rings. The third kappa shape index (κ3) is 3.96. The summed E-state index contributed by atoms with van der Waals surface area (Å²) in [4.78, 5) is 17.8. The first-order chi connectivity index (χ1) is 13.0. The van der Waals surface area contributed by atoms with Gasteiger partial charge in [-0.3, -0.25) is 9.78 Å². The SMILES string of the molecule is CCOC(=O)C(C)(C)Sc1ccc2ncccc2c1-c1ccc(C#N)cc1. The number of rotatable bonds is 5. The Morgan fingerprint density at radius 3 is 2.59 bits per heavy atom. The van der Waals surface area contributed by atoms with E-state index in [4.69, 9.17) is 10.00 Å². The summed E-state index contributed by atoms with van der Waals surface area (Å²) in [6, 6.07) is 17.5. The summed E-state index contributed by atoms with van der Waals surface area (Å²) in [5.74, 6) is -0.243. The maximum Gasteiger partial charge on any atom is 0.321 e. The minimum Gasteiger partial charge on any atom is -0.465 e. The number of carbonyl (C=O) groups is 1. The van der Waals surface area contributed by atoms with Crippen molar-refractivity contribution in [1.82, 2.24) is 4.98 Å². The summed E-state index contributed by atoms with van der Waals surface area (Å²) < 4.78 is 4.51. The van der Waals surface area contributed by atoms with Gasteiger partial charge in [0.15, 0.2) is 0 Å². The molecule has 0 aliphatic heterocycles. The highest BCUT2D eigenvalue weighted by atomic mass is 32.2. The number of benzene rings is 2. The molecule has 27 heavy (non-hydrogen) atoms.